The second-order valence-electron chi connectivity index (χ2n) is 7.06. The molecule has 142 valence electrons. The van der Waals surface area contributed by atoms with E-state index in [2.05, 4.69) is 0 Å². The Hall–Kier alpha value is -2.55. The second-order valence-corrected chi connectivity index (χ2v) is 7.47. The maximum Gasteiger partial charge on any atom is 0.410 e. The largest absolute Gasteiger partial charge is 0.481 e. The fourth-order valence-corrected chi connectivity index (χ4v) is 2.67. The molecule has 1 aliphatic heterocycles. The molecule has 1 aromatic carbocycles. The molecule has 26 heavy (non-hydrogen) atoms. The van der Waals surface area contributed by atoms with Crippen LogP contribution < -0.4 is 4.74 Å². The Bertz CT molecular complexity index is 739. The lowest BCUT2D eigenvalue weighted by Gasteiger charge is -2.48. The molecule has 0 aliphatic carbocycles. The molecule has 1 aliphatic rings. The van der Waals surface area contributed by atoms with Crippen molar-refractivity contribution in [3.63, 3.8) is 0 Å². The van der Waals surface area contributed by atoms with Crippen LogP contribution in [0.15, 0.2) is 18.2 Å². The molecule has 0 unspecified atom stereocenters. The molecule has 1 N–H and O–H groups in total. The van der Waals surface area contributed by atoms with Crippen LogP contribution in [0.2, 0.25) is 5.02 Å². The summed E-state index contributed by atoms with van der Waals surface area (Å²) in [5, 5.41) is 20.2. The lowest BCUT2D eigenvalue weighted by Crippen LogP contribution is -2.67. The van der Waals surface area contributed by atoms with Crippen molar-refractivity contribution in [3.8, 4) is 5.75 Å². The van der Waals surface area contributed by atoms with Crippen LogP contribution in [-0.2, 0) is 9.53 Å². The predicted octanol–water partition coefficient (Wildman–Crippen LogP) is 3.09. The lowest BCUT2D eigenvalue weighted by atomic mass is 9.90. The van der Waals surface area contributed by atoms with Gasteiger partial charge in [-0.05, 0) is 26.8 Å². The molecule has 1 heterocycles. The van der Waals surface area contributed by atoms with Gasteiger partial charge in [0.05, 0.1) is 35.5 Å². The highest BCUT2D eigenvalue weighted by Gasteiger charge is 2.50. The number of hydrogen-bond acceptors (Lipinski definition) is 6. The Labute approximate surface area is 154 Å². The highest BCUT2D eigenvalue weighted by atomic mass is 35.5. The second kappa shape index (κ2) is 6.99. The van der Waals surface area contributed by atoms with Crippen LogP contribution in [0, 0.1) is 10.1 Å². The van der Waals surface area contributed by atoms with Crippen LogP contribution >= 0.6 is 11.6 Å². The average Bonchev–Trinajstić information content (AvgIpc) is 2.43. The minimum atomic E-state index is -1.23. The maximum atomic E-state index is 12.1. The smallest absolute Gasteiger partial charge is 0.410 e. The van der Waals surface area contributed by atoms with Gasteiger partial charge in [0.25, 0.3) is 5.69 Å². The average molecular weight is 387 g/mol. The zero-order valence-corrected chi connectivity index (χ0v) is 15.3. The number of benzene rings is 1. The standard InChI is InChI=1S/C16H19ClN2O7/c1-15(2,3)26-14(22)18-8-16(9-18,7-13(20)21)25-12-6-10(19(23)24)4-5-11(12)17/h4-6H,7-9H2,1-3H3,(H,20,21). The summed E-state index contributed by atoms with van der Waals surface area (Å²) in [5.41, 5.74) is -2.16. The van der Waals surface area contributed by atoms with E-state index in [0.717, 1.165) is 6.07 Å². The third-order valence-electron chi connectivity index (χ3n) is 3.54. The Morgan fingerprint density at radius 2 is 2.00 bits per heavy atom. The number of amides is 1. The number of carbonyl (C=O) groups excluding carboxylic acids is 1. The molecule has 1 fully saturated rings. The number of carboxylic acids is 1. The summed E-state index contributed by atoms with van der Waals surface area (Å²) in [7, 11) is 0. The molecule has 0 bridgehead atoms. The van der Waals surface area contributed by atoms with Gasteiger partial charge in [-0.15, -0.1) is 0 Å². The summed E-state index contributed by atoms with van der Waals surface area (Å²) in [5.74, 6) is -1.14. The van der Waals surface area contributed by atoms with E-state index in [-0.39, 0.29) is 29.5 Å². The van der Waals surface area contributed by atoms with E-state index in [4.69, 9.17) is 26.2 Å². The Morgan fingerprint density at radius 3 is 2.50 bits per heavy atom. The highest BCUT2D eigenvalue weighted by molar-refractivity contribution is 6.32. The highest BCUT2D eigenvalue weighted by Crippen LogP contribution is 2.37. The molecule has 0 aromatic heterocycles. The number of nitro benzene ring substituents is 1. The molecule has 0 atom stereocenters. The Kier molecular flexibility index (Phi) is 5.31. The molecule has 0 spiro atoms. The molecular formula is C16H19ClN2O7. The first-order valence-corrected chi connectivity index (χ1v) is 8.11. The summed E-state index contributed by atoms with van der Waals surface area (Å²) < 4.78 is 10.9. The minimum Gasteiger partial charge on any atom is -0.481 e. The molecule has 1 amide bonds. The van der Waals surface area contributed by atoms with Gasteiger partial charge in [0.1, 0.15) is 11.4 Å². The van der Waals surface area contributed by atoms with E-state index < -0.39 is 34.6 Å². The fourth-order valence-electron chi connectivity index (χ4n) is 2.51. The van der Waals surface area contributed by atoms with E-state index in [1.165, 1.54) is 17.0 Å². The summed E-state index contributed by atoms with van der Waals surface area (Å²) in [6.07, 6.45) is -0.988. The first kappa shape index (κ1) is 19.8. The van der Waals surface area contributed by atoms with Gasteiger partial charge in [0.2, 0.25) is 0 Å². The molecule has 2 rings (SSSR count). The molecule has 0 radical (unpaired) electrons. The zero-order chi connectivity index (χ0) is 19.7. The minimum absolute atomic E-state index is 0.00837. The van der Waals surface area contributed by atoms with Crippen LogP contribution in [0.4, 0.5) is 10.5 Å². The number of hydrogen-bond donors (Lipinski definition) is 1. The van der Waals surface area contributed by atoms with Crippen molar-refractivity contribution < 1.29 is 29.1 Å². The van der Waals surface area contributed by atoms with Crippen LogP contribution in [0.1, 0.15) is 27.2 Å². The number of carboxylic acid groups (broad SMARTS) is 1. The summed E-state index contributed by atoms with van der Waals surface area (Å²) in [6, 6.07) is 3.64. The van der Waals surface area contributed by atoms with E-state index in [1.54, 1.807) is 20.8 Å². The van der Waals surface area contributed by atoms with Gasteiger partial charge in [-0.3, -0.25) is 19.8 Å². The number of ether oxygens (including phenoxy) is 2. The van der Waals surface area contributed by atoms with Gasteiger partial charge < -0.3 is 14.6 Å². The zero-order valence-electron chi connectivity index (χ0n) is 14.5. The quantitative estimate of drug-likeness (QED) is 0.609. The van der Waals surface area contributed by atoms with Gasteiger partial charge in [-0.2, -0.15) is 0 Å². The van der Waals surface area contributed by atoms with Crippen molar-refractivity contribution in [2.24, 2.45) is 0 Å². The normalized spacial score (nSPS) is 15.8. The number of nitro groups is 1. The van der Waals surface area contributed by atoms with Crippen LogP contribution in [0.25, 0.3) is 0 Å². The number of aliphatic carboxylic acids is 1. The lowest BCUT2D eigenvalue weighted by molar-refractivity contribution is -0.385. The monoisotopic (exact) mass is 386 g/mol. The van der Waals surface area contributed by atoms with E-state index in [0.29, 0.717) is 0 Å². The van der Waals surface area contributed by atoms with E-state index in [9.17, 15) is 19.7 Å². The van der Waals surface area contributed by atoms with Crippen molar-refractivity contribution in [2.75, 3.05) is 13.1 Å². The van der Waals surface area contributed by atoms with Crippen molar-refractivity contribution in [3.05, 3.63) is 33.3 Å². The predicted molar refractivity (Wildman–Crippen MR) is 91.5 cm³/mol. The number of halogens is 1. The molecule has 9 nitrogen and oxygen atoms in total. The summed E-state index contributed by atoms with van der Waals surface area (Å²) >= 11 is 6.01. The van der Waals surface area contributed by atoms with Gasteiger partial charge in [-0.1, -0.05) is 11.6 Å². The topological polar surface area (TPSA) is 119 Å². The molecule has 10 heteroatoms. The van der Waals surface area contributed by atoms with E-state index in [1.807, 2.05) is 0 Å². The van der Waals surface area contributed by atoms with Crippen LogP contribution in [0.5, 0.6) is 5.75 Å². The molecule has 1 aromatic rings. The van der Waals surface area contributed by atoms with Gasteiger partial charge >= 0.3 is 12.1 Å². The number of likely N-dealkylation sites (tertiary alicyclic amines) is 1. The van der Waals surface area contributed by atoms with Crippen molar-refractivity contribution in [1.82, 2.24) is 4.90 Å². The first-order valence-electron chi connectivity index (χ1n) is 7.73. The number of nitrogens with zero attached hydrogens (tertiary/aromatic N) is 2. The number of non-ortho nitro benzene ring substituents is 1. The third kappa shape index (κ3) is 4.75. The van der Waals surface area contributed by atoms with Gasteiger partial charge in [-0.25, -0.2) is 4.79 Å². The molecule has 1 saturated heterocycles. The number of carbonyl (C=O) groups is 2. The molecular weight excluding hydrogens is 368 g/mol. The third-order valence-corrected chi connectivity index (χ3v) is 3.85. The van der Waals surface area contributed by atoms with Crippen molar-refractivity contribution >= 4 is 29.4 Å². The molecule has 0 saturated carbocycles. The van der Waals surface area contributed by atoms with Crippen LogP contribution in [0.3, 0.4) is 0 Å². The fraction of sp³-hybridized carbons (Fsp3) is 0.500. The SMILES string of the molecule is CC(C)(C)OC(=O)N1CC(CC(=O)O)(Oc2cc([N+](=O)[O-])ccc2Cl)C1. The number of rotatable bonds is 5. The van der Waals surface area contributed by atoms with Crippen LogP contribution in [-0.4, -0.2) is 51.3 Å². The maximum absolute atomic E-state index is 12.1. The first-order chi connectivity index (χ1) is 11.9. The van der Waals surface area contributed by atoms with Gasteiger partial charge in [0.15, 0.2) is 5.60 Å². The Morgan fingerprint density at radius 1 is 1.38 bits per heavy atom. The summed E-state index contributed by atoms with van der Waals surface area (Å²) in [4.78, 5) is 34.9. The van der Waals surface area contributed by atoms with Crippen molar-refractivity contribution in [2.45, 2.75) is 38.4 Å². The Balaban J connectivity index is 2.18. The van der Waals surface area contributed by atoms with Gasteiger partial charge in [0, 0.05) is 6.07 Å². The van der Waals surface area contributed by atoms with Crippen molar-refractivity contribution in [1.29, 1.82) is 0 Å². The summed E-state index contributed by atoms with van der Waals surface area (Å²) in [6.45, 7) is 5.08. The van der Waals surface area contributed by atoms with E-state index >= 15 is 0 Å².